The maximum absolute atomic E-state index is 12.4. The van der Waals surface area contributed by atoms with Crippen LogP contribution in [-0.2, 0) is 9.53 Å². The van der Waals surface area contributed by atoms with E-state index in [0.29, 0.717) is 16.8 Å². The lowest BCUT2D eigenvalue weighted by Crippen LogP contribution is -2.43. The molecule has 1 saturated carbocycles. The molecule has 0 N–H and O–H groups in total. The normalized spacial score (nSPS) is 28.2. The summed E-state index contributed by atoms with van der Waals surface area (Å²) in [5.74, 6) is 1.44. The molecule has 1 saturated heterocycles. The second-order valence-electron chi connectivity index (χ2n) is 6.28. The van der Waals surface area contributed by atoms with Gasteiger partial charge in [-0.3, -0.25) is 4.79 Å². The van der Waals surface area contributed by atoms with E-state index in [1.165, 1.54) is 32.1 Å². The van der Waals surface area contributed by atoms with Crippen molar-refractivity contribution in [2.45, 2.75) is 76.1 Å². The first-order valence-electron chi connectivity index (χ1n) is 7.93. The zero-order valence-corrected chi connectivity index (χ0v) is 13.3. The molecule has 1 spiro atoms. The van der Waals surface area contributed by atoms with E-state index < -0.39 is 0 Å². The smallest absolute Gasteiger partial charge is 0.146 e. The van der Waals surface area contributed by atoms with Crippen molar-refractivity contribution in [3.8, 4) is 0 Å². The fraction of sp³-hybridized carbons (Fsp3) is 0.938. The largest absolute Gasteiger partial charge is 0.375 e. The highest BCUT2D eigenvalue weighted by molar-refractivity contribution is 8.00. The predicted molar refractivity (Wildman–Crippen MR) is 81.7 cm³/mol. The Morgan fingerprint density at radius 3 is 2.79 bits per heavy atom. The van der Waals surface area contributed by atoms with E-state index in [4.69, 9.17) is 4.74 Å². The summed E-state index contributed by atoms with van der Waals surface area (Å²) in [4.78, 5) is 12.4. The summed E-state index contributed by atoms with van der Waals surface area (Å²) in [6.45, 7) is 5.20. The number of hydrogen-bond acceptors (Lipinski definition) is 3. The first-order valence-corrected chi connectivity index (χ1v) is 8.98. The fourth-order valence-electron chi connectivity index (χ4n) is 3.31. The third-order valence-corrected chi connectivity index (χ3v) is 6.15. The summed E-state index contributed by atoms with van der Waals surface area (Å²) in [6.07, 6.45) is 9.34. The summed E-state index contributed by atoms with van der Waals surface area (Å²) in [5, 5.41) is 0.604. The van der Waals surface area contributed by atoms with Crippen LogP contribution >= 0.6 is 11.8 Å². The van der Waals surface area contributed by atoms with E-state index in [1.54, 1.807) is 0 Å². The van der Waals surface area contributed by atoms with Gasteiger partial charge in [-0.15, -0.1) is 0 Å². The van der Waals surface area contributed by atoms with Crippen LogP contribution in [0.5, 0.6) is 0 Å². The summed E-state index contributed by atoms with van der Waals surface area (Å²) in [7, 11) is 0. The second kappa shape index (κ2) is 7.12. The van der Waals surface area contributed by atoms with Crippen LogP contribution in [0.1, 0.15) is 65.2 Å². The van der Waals surface area contributed by atoms with Gasteiger partial charge in [-0.1, -0.05) is 33.1 Å². The highest BCUT2D eigenvalue weighted by Gasteiger charge is 2.40. The summed E-state index contributed by atoms with van der Waals surface area (Å²) >= 11 is 1.82. The Kier molecular flexibility index (Phi) is 5.76. The highest BCUT2D eigenvalue weighted by atomic mass is 32.2. The first kappa shape index (κ1) is 15.4. The molecule has 3 heteroatoms. The van der Waals surface area contributed by atoms with Gasteiger partial charge >= 0.3 is 0 Å². The van der Waals surface area contributed by atoms with Gasteiger partial charge in [0, 0.05) is 17.8 Å². The Morgan fingerprint density at radius 1 is 1.37 bits per heavy atom. The van der Waals surface area contributed by atoms with Gasteiger partial charge in [0.1, 0.15) is 5.78 Å². The van der Waals surface area contributed by atoms with Crippen LogP contribution in [0.3, 0.4) is 0 Å². The van der Waals surface area contributed by atoms with Crippen LogP contribution in [0.2, 0.25) is 0 Å². The molecule has 110 valence electrons. The van der Waals surface area contributed by atoms with Gasteiger partial charge in [-0.05, 0) is 32.1 Å². The van der Waals surface area contributed by atoms with E-state index in [-0.39, 0.29) is 11.5 Å². The minimum atomic E-state index is 0.0673. The molecule has 0 bridgehead atoms. The molecule has 0 aromatic heterocycles. The number of ether oxygens (including phenoxy) is 1. The molecule has 0 amide bonds. The average Bonchev–Trinajstić information content (AvgIpc) is 2.45. The van der Waals surface area contributed by atoms with Crippen LogP contribution in [0.25, 0.3) is 0 Å². The molecule has 2 unspecified atom stereocenters. The van der Waals surface area contributed by atoms with Crippen molar-refractivity contribution in [2.75, 3.05) is 12.4 Å². The van der Waals surface area contributed by atoms with E-state index in [2.05, 4.69) is 13.8 Å². The van der Waals surface area contributed by atoms with Crippen molar-refractivity contribution in [1.29, 1.82) is 0 Å². The number of hydrogen-bond donors (Lipinski definition) is 0. The molecule has 2 fully saturated rings. The fourth-order valence-corrected chi connectivity index (χ4v) is 4.23. The Bertz CT molecular complexity index is 292. The van der Waals surface area contributed by atoms with Crippen LogP contribution in [0.15, 0.2) is 0 Å². The molecule has 1 heterocycles. The third-order valence-electron chi connectivity index (χ3n) is 4.80. The lowest BCUT2D eigenvalue weighted by molar-refractivity contribution is -0.140. The van der Waals surface area contributed by atoms with E-state index in [1.807, 2.05) is 11.8 Å². The quantitative estimate of drug-likeness (QED) is 0.756. The average molecular weight is 284 g/mol. The minimum absolute atomic E-state index is 0.0673. The molecular formula is C16H28O2S. The zero-order valence-electron chi connectivity index (χ0n) is 12.5. The number of rotatable bonds is 5. The van der Waals surface area contributed by atoms with Gasteiger partial charge in [-0.25, -0.2) is 0 Å². The van der Waals surface area contributed by atoms with E-state index in [0.717, 1.165) is 25.9 Å². The summed E-state index contributed by atoms with van der Waals surface area (Å²) in [6, 6.07) is 0. The van der Waals surface area contributed by atoms with Crippen molar-refractivity contribution in [2.24, 2.45) is 5.92 Å². The van der Waals surface area contributed by atoms with Gasteiger partial charge in [0.25, 0.3) is 0 Å². The van der Waals surface area contributed by atoms with Gasteiger partial charge in [0.15, 0.2) is 0 Å². The topological polar surface area (TPSA) is 26.3 Å². The van der Waals surface area contributed by atoms with Crippen molar-refractivity contribution in [3.63, 3.8) is 0 Å². The molecule has 0 aromatic carbocycles. The van der Waals surface area contributed by atoms with E-state index >= 15 is 0 Å². The predicted octanol–water partition coefficient (Wildman–Crippen LogP) is 4.22. The van der Waals surface area contributed by atoms with Crippen molar-refractivity contribution in [3.05, 3.63) is 0 Å². The third kappa shape index (κ3) is 4.22. The monoisotopic (exact) mass is 284 g/mol. The van der Waals surface area contributed by atoms with Crippen LogP contribution in [0.4, 0.5) is 0 Å². The lowest BCUT2D eigenvalue weighted by atomic mass is 9.75. The minimum Gasteiger partial charge on any atom is -0.375 e. The summed E-state index contributed by atoms with van der Waals surface area (Å²) < 4.78 is 6.07. The molecule has 2 atom stereocenters. The molecule has 0 radical (unpaired) electrons. The Hall–Kier alpha value is -0.0200. The van der Waals surface area contributed by atoms with Crippen molar-refractivity contribution >= 4 is 17.5 Å². The van der Waals surface area contributed by atoms with Crippen LogP contribution < -0.4 is 0 Å². The number of thioether (sulfide) groups is 1. The molecule has 19 heavy (non-hydrogen) atoms. The molecular weight excluding hydrogens is 256 g/mol. The van der Waals surface area contributed by atoms with E-state index in [9.17, 15) is 4.79 Å². The molecule has 2 nitrogen and oxygen atoms in total. The Labute approximate surface area is 122 Å². The number of ketones is 1. The maximum Gasteiger partial charge on any atom is 0.146 e. The first-order chi connectivity index (χ1) is 9.15. The summed E-state index contributed by atoms with van der Waals surface area (Å²) in [5.41, 5.74) is 0.0673. The lowest BCUT2D eigenvalue weighted by Gasteiger charge is -2.43. The molecule has 0 aromatic rings. The second-order valence-corrected chi connectivity index (χ2v) is 7.70. The standard InChI is InChI=1S/C16H28O2S/c1-3-13(2)19-12-15(17)14-7-10-18-16(11-14)8-5-4-6-9-16/h13-14H,3-12H2,1-2H3. The Morgan fingerprint density at radius 2 is 2.11 bits per heavy atom. The Balaban J connectivity index is 1.84. The SMILES string of the molecule is CCC(C)SCC(=O)C1CCOC2(CCCCC2)C1. The van der Waals surface area contributed by atoms with Gasteiger partial charge in [0.2, 0.25) is 0 Å². The number of carbonyl (C=O) groups is 1. The maximum atomic E-state index is 12.4. The number of Topliss-reactive ketones (excluding diaryl/α,β-unsaturated/α-hetero) is 1. The van der Waals surface area contributed by atoms with Crippen molar-refractivity contribution < 1.29 is 9.53 Å². The molecule has 1 aliphatic heterocycles. The van der Waals surface area contributed by atoms with Gasteiger partial charge < -0.3 is 4.74 Å². The van der Waals surface area contributed by atoms with Gasteiger partial charge in [-0.2, -0.15) is 11.8 Å². The van der Waals surface area contributed by atoms with Gasteiger partial charge in [0.05, 0.1) is 11.4 Å². The van der Waals surface area contributed by atoms with Crippen molar-refractivity contribution in [1.82, 2.24) is 0 Å². The molecule has 2 aliphatic rings. The molecule has 2 rings (SSSR count). The van der Waals surface area contributed by atoms with Crippen LogP contribution in [0, 0.1) is 5.92 Å². The number of carbonyl (C=O) groups excluding carboxylic acids is 1. The molecule has 1 aliphatic carbocycles. The van der Waals surface area contributed by atoms with Crippen LogP contribution in [-0.4, -0.2) is 29.0 Å². The zero-order chi connectivity index (χ0) is 13.7. The highest BCUT2D eigenvalue weighted by Crippen LogP contribution is 2.41.